The lowest BCUT2D eigenvalue weighted by molar-refractivity contribution is 0.104. The number of hydrogen-bond donors (Lipinski definition) is 1. The lowest BCUT2D eigenvalue weighted by Gasteiger charge is -2.06. The van der Waals surface area contributed by atoms with Crippen LogP contribution in [0.15, 0.2) is 42.5 Å². The summed E-state index contributed by atoms with van der Waals surface area (Å²) in [5, 5.41) is 11.0. The highest BCUT2D eigenvalue weighted by Gasteiger charge is 2.33. The van der Waals surface area contributed by atoms with Gasteiger partial charge in [0.15, 0.2) is 0 Å². The average molecular weight is 282 g/mol. The number of para-hydroxylation sites is 1. The summed E-state index contributed by atoms with van der Waals surface area (Å²) >= 11 is 6.17. The van der Waals surface area contributed by atoms with Gasteiger partial charge in [-0.25, -0.2) is 4.98 Å². The number of carbonyl (C=O) groups is 1. The molecule has 3 aromatic rings. The lowest BCUT2D eigenvalue weighted by atomic mass is 10.0. The molecule has 0 unspecified atom stereocenters. The number of fused-ring (bicyclic) bond motifs is 5. The monoisotopic (exact) mass is 281 g/mol. The number of ketones is 1. The van der Waals surface area contributed by atoms with Gasteiger partial charge in [0, 0.05) is 10.9 Å². The van der Waals surface area contributed by atoms with Crippen molar-refractivity contribution in [1.29, 1.82) is 0 Å². The van der Waals surface area contributed by atoms with Gasteiger partial charge in [-0.2, -0.15) is 0 Å². The SMILES string of the molecule is O=C1c2c(O)cccc2-c2c1c(Cl)nc1ccccc21. The fourth-order valence-corrected chi connectivity index (χ4v) is 3.05. The summed E-state index contributed by atoms with van der Waals surface area (Å²) in [4.78, 5) is 16.8. The van der Waals surface area contributed by atoms with Gasteiger partial charge in [0.05, 0.1) is 16.6 Å². The van der Waals surface area contributed by atoms with Crippen molar-refractivity contribution in [3.05, 3.63) is 58.7 Å². The van der Waals surface area contributed by atoms with Crippen molar-refractivity contribution in [3.63, 3.8) is 0 Å². The van der Waals surface area contributed by atoms with E-state index < -0.39 is 0 Å². The average Bonchev–Trinajstić information content (AvgIpc) is 2.75. The number of halogens is 1. The Morgan fingerprint density at radius 2 is 1.75 bits per heavy atom. The Kier molecular flexibility index (Phi) is 2.18. The molecule has 20 heavy (non-hydrogen) atoms. The van der Waals surface area contributed by atoms with E-state index in [0.29, 0.717) is 16.7 Å². The molecule has 1 heterocycles. The van der Waals surface area contributed by atoms with Gasteiger partial charge in [0.1, 0.15) is 10.9 Å². The standard InChI is InChI=1S/C16H8ClNO2/c17-16-14-12(8-4-1-2-6-10(8)18-16)9-5-3-7-11(19)13(9)15(14)20/h1-7,19H. The van der Waals surface area contributed by atoms with E-state index in [1.807, 2.05) is 30.3 Å². The zero-order valence-corrected chi connectivity index (χ0v) is 11.0. The van der Waals surface area contributed by atoms with Crippen LogP contribution >= 0.6 is 11.6 Å². The molecule has 4 rings (SSSR count). The van der Waals surface area contributed by atoms with E-state index in [9.17, 15) is 9.90 Å². The summed E-state index contributed by atoms with van der Waals surface area (Å²) in [5.74, 6) is -0.291. The molecule has 1 aromatic heterocycles. The number of phenols is 1. The van der Waals surface area contributed by atoms with E-state index in [1.54, 1.807) is 6.07 Å². The van der Waals surface area contributed by atoms with Gasteiger partial charge < -0.3 is 5.11 Å². The maximum atomic E-state index is 12.5. The Balaban J connectivity index is 2.26. The second kappa shape index (κ2) is 3.81. The predicted molar refractivity (Wildman–Crippen MR) is 77.3 cm³/mol. The zero-order chi connectivity index (χ0) is 13.9. The van der Waals surface area contributed by atoms with Crippen LogP contribution in [0.25, 0.3) is 22.0 Å². The van der Waals surface area contributed by atoms with Gasteiger partial charge in [0.2, 0.25) is 5.78 Å². The Morgan fingerprint density at radius 3 is 2.60 bits per heavy atom. The summed E-state index contributed by atoms with van der Waals surface area (Å²) in [6, 6.07) is 12.6. The Morgan fingerprint density at radius 1 is 0.950 bits per heavy atom. The number of rotatable bonds is 0. The van der Waals surface area contributed by atoms with E-state index in [4.69, 9.17) is 11.6 Å². The van der Waals surface area contributed by atoms with E-state index in [1.165, 1.54) is 6.07 Å². The number of pyridine rings is 1. The summed E-state index contributed by atoms with van der Waals surface area (Å²) < 4.78 is 0. The van der Waals surface area contributed by atoms with E-state index >= 15 is 0 Å². The van der Waals surface area contributed by atoms with Crippen molar-refractivity contribution in [2.75, 3.05) is 0 Å². The zero-order valence-electron chi connectivity index (χ0n) is 10.2. The van der Waals surface area contributed by atoms with Crippen LogP contribution in [0.4, 0.5) is 0 Å². The molecule has 96 valence electrons. The molecule has 1 aliphatic carbocycles. The third-order valence-electron chi connectivity index (χ3n) is 3.61. The molecule has 0 spiro atoms. The van der Waals surface area contributed by atoms with Gasteiger partial charge in [-0.05, 0) is 17.7 Å². The first-order chi connectivity index (χ1) is 9.68. The molecule has 0 saturated heterocycles. The molecule has 0 radical (unpaired) electrons. The molecular weight excluding hydrogens is 274 g/mol. The minimum atomic E-state index is -0.267. The molecule has 1 aliphatic rings. The number of aromatic nitrogens is 1. The maximum absolute atomic E-state index is 12.5. The van der Waals surface area contributed by atoms with Crippen LogP contribution in [0.5, 0.6) is 5.75 Å². The first-order valence-electron chi connectivity index (χ1n) is 6.14. The molecule has 1 N–H and O–H groups in total. The van der Waals surface area contributed by atoms with Crippen LogP contribution in [-0.4, -0.2) is 15.9 Å². The molecule has 0 fully saturated rings. The molecule has 2 aromatic carbocycles. The lowest BCUT2D eigenvalue weighted by Crippen LogP contribution is -1.98. The number of aromatic hydroxyl groups is 1. The molecule has 4 heteroatoms. The maximum Gasteiger partial charge on any atom is 0.201 e. The molecule has 0 atom stereocenters. The number of phenolic OH excluding ortho intramolecular Hbond substituents is 1. The van der Waals surface area contributed by atoms with Crippen LogP contribution in [0, 0.1) is 0 Å². The highest BCUT2D eigenvalue weighted by molar-refractivity contribution is 6.39. The smallest absolute Gasteiger partial charge is 0.201 e. The number of nitrogens with zero attached hydrogens (tertiary/aromatic N) is 1. The quantitative estimate of drug-likeness (QED) is 0.499. The van der Waals surface area contributed by atoms with Crippen LogP contribution in [0.1, 0.15) is 15.9 Å². The van der Waals surface area contributed by atoms with Crippen molar-refractivity contribution in [3.8, 4) is 16.9 Å². The van der Waals surface area contributed by atoms with E-state index in [2.05, 4.69) is 4.98 Å². The van der Waals surface area contributed by atoms with Crippen LogP contribution < -0.4 is 0 Å². The van der Waals surface area contributed by atoms with Crippen molar-refractivity contribution in [1.82, 2.24) is 4.98 Å². The second-order valence-electron chi connectivity index (χ2n) is 4.70. The van der Waals surface area contributed by atoms with Crippen molar-refractivity contribution in [2.24, 2.45) is 0 Å². The normalized spacial score (nSPS) is 12.6. The van der Waals surface area contributed by atoms with Crippen LogP contribution in [-0.2, 0) is 0 Å². The predicted octanol–water partition coefficient (Wildman–Crippen LogP) is 3.81. The van der Waals surface area contributed by atoms with Crippen molar-refractivity contribution in [2.45, 2.75) is 0 Å². The minimum absolute atomic E-state index is 0.0242. The van der Waals surface area contributed by atoms with Gasteiger partial charge >= 0.3 is 0 Å². The number of benzene rings is 2. The van der Waals surface area contributed by atoms with Crippen molar-refractivity contribution >= 4 is 28.3 Å². The number of carbonyl (C=O) groups excluding carboxylic acids is 1. The number of hydrogen-bond acceptors (Lipinski definition) is 3. The Labute approximate surface area is 119 Å². The fourth-order valence-electron chi connectivity index (χ4n) is 2.78. The van der Waals surface area contributed by atoms with Crippen molar-refractivity contribution < 1.29 is 9.90 Å². The van der Waals surface area contributed by atoms with Gasteiger partial charge in [-0.3, -0.25) is 4.79 Å². The van der Waals surface area contributed by atoms with Gasteiger partial charge in [-0.1, -0.05) is 41.9 Å². The molecule has 0 bridgehead atoms. The fraction of sp³-hybridized carbons (Fsp3) is 0. The van der Waals surface area contributed by atoms with Gasteiger partial charge in [0.25, 0.3) is 0 Å². The largest absolute Gasteiger partial charge is 0.507 e. The first kappa shape index (κ1) is 11.4. The highest BCUT2D eigenvalue weighted by atomic mass is 35.5. The highest BCUT2D eigenvalue weighted by Crippen LogP contribution is 2.45. The van der Waals surface area contributed by atoms with Gasteiger partial charge in [-0.15, -0.1) is 0 Å². The topological polar surface area (TPSA) is 50.2 Å². The van der Waals surface area contributed by atoms with Crippen LogP contribution in [0.2, 0.25) is 5.15 Å². The van der Waals surface area contributed by atoms with E-state index in [-0.39, 0.29) is 16.7 Å². The third-order valence-corrected chi connectivity index (χ3v) is 3.89. The summed E-state index contributed by atoms with van der Waals surface area (Å²) in [7, 11) is 0. The Bertz CT molecular complexity index is 902. The van der Waals surface area contributed by atoms with Crippen LogP contribution in [0.3, 0.4) is 0 Å². The minimum Gasteiger partial charge on any atom is -0.507 e. The molecule has 0 amide bonds. The summed E-state index contributed by atoms with van der Waals surface area (Å²) in [6.07, 6.45) is 0. The molecule has 0 saturated carbocycles. The first-order valence-corrected chi connectivity index (χ1v) is 6.51. The molecular formula is C16H8ClNO2. The summed E-state index contributed by atoms with van der Waals surface area (Å²) in [5.41, 5.74) is 2.90. The molecule has 3 nitrogen and oxygen atoms in total. The second-order valence-corrected chi connectivity index (χ2v) is 5.06. The molecule has 0 aliphatic heterocycles. The Hall–Kier alpha value is -2.39. The van der Waals surface area contributed by atoms with E-state index in [0.717, 1.165) is 16.5 Å². The third kappa shape index (κ3) is 1.30. The summed E-state index contributed by atoms with van der Waals surface area (Å²) in [6.45, 7) is 0.